The van der Waals surface area contributed by atoms with Crippen LogP contribution in [0.4, 0.5) is 27.4 Å². The summed E-state index contributed by atoms with van der Waals surface area (Å²) in [6.45, 7) is 5.38. The Morgan fingerprint density at radius 1 is 1.26 bits per heavy atom. The van der Waals surface area contributed by atoms with Gasteiger partial charge in [-0.15, -0.1) is 0 Å². The second-order valence-electron chi connectivity index (χ2n) is 7.98. The smallest absolute Gasteiger partial charge is 0.247 e. The number of carbonyl (C=O) groups excluding carboxylic acids is 1. The molecule has 180 valence electrons. The molecule has 1 amide bonds. The van der Waals surface area contributed by atoms with Crippen LogP contribution in [-0.4, -0.2) is 37.2 Å². The van der Waals surface area contributed by atoms with E-state index in [-0.39, 0.29) is 17.5 Å². The predicted molar refractivity (Wildman–Crippen MR) is 139 cm³/mol. The normalized spacial score (nSPS) is 11.3. The van der Waals surface area contributed by atoms with Gasteiger partial charge < -0.3 is 10.6 Å². The molecule has 2 N–H and O–H groups in total. The Labute approximate surface area is 207 Å². The molecule has 8 nitrogen and oxygen atoms in total. The molecule has 0 aliphatic rings. The summed E-state index contributed by atoms with van der Waals surface area (Å²) in [5.41, 5.74) is 2.79. The maximum absolute atomic E-state index is 14.4. The third-order valence-electron chi connectivity index (χ3n) is 5.06. The topological polar surface area (TPSA) is 101 Å². The second-order valence-corrected chi connectivity index (χ2v) is 10.9. The van der Waals surface area contributed by atoms with Gasteiger partial charge in [0.15, 0.2) is 11.6 Å². The van der Waals surface area contributed by atoms with Crippen LogP contribution < -0.4 is 10.6 Å². The van der Waals surface area contributed by atoms with Crippen LogP contribution in [0.15, 0.2) is 65.8 Å². The lowest BCUT2D eigenvalue weighted by atomic mass is 10.1. The number of amides is 1. The quantitative estimate of drug-likeness (QED) is 0.320. The Morgan fingerprint density at radius 3 is 2.71 bits per heavy atom. The molecule has 0 bridgehead atoms. The van der Waals surface area contributed by atoms with Gasteiger partial charge >= 0.3 is 0 Å². The van der Waals surface area contributed by atoms with Crippen molar-refractivity contribution in [3.63, 3.8) is 0 Å². The van der Waals surface area contributed by atoms with Crippen molar-refractivity contribution in [3.05, 3.63) is 77.9 Å². The van der Waals surface area contributed by atoms with E-state index in [1.807, 2.05) is 25.3 Å². The number of carbonyl (C=O) groups is 1. The van der Waals surface area contributed by atoms with Gasteiger partial charge in [0.05, 0.1) is 11.7 Å². The van der Waals surface area contributed by atoms with Crippen molar-refractivity contribution in [1.29, 1.82) is 0 Å². The van der Waals surface area contributed by atoms with Crippen LogP contribution in [0, 0.1) is 12.7 Å². The number of nitrogens with zero attached hydrogens (tertiary/aromatic N) is 4. The van der Waals surface area contributed by atoms with E-state index in [1.54, 1.807) is 16.7 Å². The van der Waals surface area contributed by atoms with Crippen molar-refractivity contribution >= 4 is 61.2 Å². The Balaban J connectivity index is 1.68. The van der Waals surface area contributed by atoms with Gasteiger partial charge in [-0.3, -0.25) is 9.36 Å². The van der Waals surface area contributed by atoms with Gasteiger partial charge in [0.2, 0.25) is 11.9 Å². The van der Waals surface area contributed by atoms with Crippen molar-refractivity contribution in [2.24, 2.45) is 4.36 Å². The van der Waals surface area contributed by atoms with Crippen LogP contribution >= 0.6 is 11.6 Å². The summed E-state index contributed by atoms with van der Waals surface area (Å²) in [5, 5.41) is 6.96. The summed E-state index contributed by atoms with van der Waals surface area (Å²) in [7, 11) is -2.49. The monoisotopic (exact) mass is 512 g/mol. The Hall–Kier alpha value is -3.76. The first-order valence-corrected chi connectivity index (χ1v) is 13.1. The molecule has 0 unspecified atom stereocenters. The number of aromatic nitrogens is 3. The number of fused-ring (bicyclic) bond motifs is 1. The molecule has 35 heavy (non-hydrogen) atoms. The highest BCUT2D eigenvalue weighted by Gasteiger charge is 2.14. The molecule has 0 saturated heterocycles. The van der Waals surface area contributed by atoms with Crippen molar-refractivity contribution in [3.8, 4) is 5.82 Å². The number of hydrogen-bond acceptors (Lipinski definition) is 6. The number of aryl methyl sites for hydroxylation is 1. The molecule has 11 heteroatoms. The summed E-state index contributed by atoms with van der Waals surface area (Å²) in [6.07, 6.45) is 7.35. The summed E-state index contributed by atoms with van der Waals surface area (Å²) < 4.78 is 32.0. The minimum Gasteiger partial charge on any atom is -0.324 e. The second kappa shape index (κ2) is 9.47. The SMILES string of the molecule is C=CC(=O)Nc1ccc2c(ccn2-c2nc(Nc3ccc(N=S(C)(C)=O)c(F)c3)ncc2Cl)c1C. The highest BCUT2D eigenvalue weighted by molar-refractivity contribution is 7.92. The molecule has 2 aromatic carbocycles. The van der Waals surface area contributed by atoms with Gasteiger partial charge in [0, 0.05) is 45.2 Å². The van der Waals surface area contributed by atoms with E-state index in [4.69, 9.17) is 11.6 Å². The molecule has 4 aromatic rings. The average Bonchev–Trinajstić information content (AvgIpc) is 3.22. The van der Waals surface area contributed by atoms with Crippen LogP contribution in [0.5, 0.6) is 0 Å². The standard InChI is InChI=1S/C24H22ClFN6O2S/c1-5-22(33)29-19-8-9-21-16(14(19)2)10-11-32(21)23-17(25)13-27-24(30-23)28-15-6-7-20(18(26)12-15)31-35(3,4)34/h5-13H,1H2,2-4H3,(H,29,33)(H,27,28,30). The van der Waals surface area contributed by atoms with Gasteiger partial charge in [-0.25, -0.2) is 13.6 Å². The predicted octanol–water partition coefficient (Wildman–Crippen LogP) is 5.75. The maximum atomic E-state index is 14.4. The van der Waals surface area contributed by atoms with Crippen molar-refractivity contribution < 1.29 is 13.4 Å². The van der Waals surface area contributed by atoms with Crippen molar-refractivity contribution in [2.75, 3.05) is 23.1 Å². The molecule has 0 saturated carbocycles. The third kappa shape index (κ3) is 5.33. The lowest BCUT2D eigenvalue weighted by molar-refractivity contribution is -0.111. The van der Waals surface area contributed by atoms with Gasteiger partial charge in [-0.2, -0.15) is 9.35 Å². The molecule has 2 aromatic heterocycles. The van der Waals surface area contributed by atoms with Crippen LogP contribution in [0.3, 0.4) is 0 Å². The molecule has 2 heterocycles. The fourth-order valence-corrected chi connectivity index (χ4v) is 4.28. The molecule has 0 radical (unpaired) electrons. The highest BCUT2D eigenvalue weighted by atomic mass is 35.5. The van der Waals surface area contributed by atoms with Gasteiger partial charge in [-0.05, 0) is 55.0 Å². The van der Waals surface area contributed by atoms with Crippen molar-refractivity contribution in [1.82, 2.24) is 14.5 Å². The first-order chi connectivity index (χ1) is 16.6. The molecular weight excluding hydrogens is 491 g/mol. The number of benzene rings is 2. The van der Waals surface area contributed by atoms with E-state index < -0.39 is 15.5 Å². The highest BCUT2D eigenvalue weighted by Crippen LogP contribution is 2.31. The lowest BCUT2D eigenvalue weighted by Gasteiger charge is -2.12. The fraction of sp³-hybridized carbons (Fsp3) is 0.125. The van der Waals surface area contributed by atoms with E-state index in [1.165, 1.54) is 36.9 Å². The van der Waals surface area contributed by atoms with Crippen LogP contribution in [0.25, 0.3) is 16.7 Å². The van der Waals surface area contributed by atoms with Crippen LogP contribution in [-0.2, 0) is 14.5 Å². The molecule has 0 aliphatic heterocycles. The van der Waals surface area contributed by atoms with E-state index >= 15 is 0 Å². The summed E-state index contributed by atoms with van der Waals surface area (Å²) >= 11 is 6.42. The van der Waals surface area contributed by atoms with Gasteiger partial charge in [0.1, 0.15) is 10.7 Å². The van der Waals surface area contributed by atoms with Crippen molar-refractivity contribution in [2.45, 2.75) is 6.92 Å². The lowest BCUT2D eigenvalue weighted by Crippen LogP contribution is -2.08. The van der Waals surface area contributed by atoms with E-state index in [2.05, 4.69) is 31.5 Å². The number of halogens is 2. The van der Waals surface area contributed by atoms with Crippen LogP contribution in [0.1, 0.15) is 5.56 Å². The molecule has 0 spiro atoms. The average molecular weight is 513 g/mol. The number of nitrogens with one attached hydrogen (secondary N) is 2. The minimum atomic E-state index is -2.49. The first-order valence-electron chi connectivity index (χ1n) is 10.4. The summed E-state index contributed by atoms with van der Waals surface area (Å²) in [4.78, 5) is 20.4. The number of hydrogen-bond donors (Lipinski definition) is 2. The van der Waals surface area contributed by atoms with E-state index in [0.717, 1.165) is 16.5 Å². The van der Waals surface area contributed by atoms with Crippen LogP contribution in [0.2, 0.25) is 5.02 Å². The molecule has 0 fully saturated rings. The minimum absolute atomic E-state index is 0.0149. The Bertz CT molecular complexity index is 1600. The first kappa shape index (κ1) is 24.4. The largest absolute Gasteiger partial charge is 0.324 e. The number of anilines is 3. The third-order valence-corrected chi connectivity index (χ3v) is 5.96. The zero-order valence-electron chi connectivity index (χ0n) is 19.2. The Kier molecular flexibility index (Phi) is 6.60. The van der Waals surface area contributed by atoms with E-state index in [0.29, 0.717) is 22.2 Å². The molecule has 0 aliphatic carbocycles. The number of rotatable bonds is 6. The zero-order valence-corrected chi connectivity index (χ0v) is 20.7. The van der Waals surface area contributed by atoms with Gasteiger partial charge in [0.25, 0.3) is 0 Å². The zero-order chi connectivity index (χ0) is 25.3. The summed E-state index contributed by atoms with van der Waals surface area (Å²) in [5.74, 6) is -0.286. The summed E-state index contributed by atoms with van der Waals surface area (Å²) in [6, 6.07) is 9.81. The molecular formula is C24H22ClFN6O2S. The fourth-order valence-electron chi connectivity index (χ4n) is 3.48. The van der Waals surface area contributed by atoms with E-state index in [9.17, 15) is 13.4 Å². The maximum Gasteiger partial charge on any atom is 0.247 e. The molecule has 4 rings (SSSR count). The van der Waals surface area contributed by atoms with Gasteiger partial charge in [-0.1, -0.05) is 18.2 Å². The molecule has 0 atom stereocenters. The Morgan fingerprint density at radius 2 is 2.03 bits per heavy atom.